The van der Waals surface area contributed by atoms with Gasteiger partial charge in [0.05, 0.1) is 11.1 Å². The summed E-state index contributed by atoms with van der Waals surface area (Å²) in [5, 5.41) is 1.28. The van der Waals surface area contributed by atoms with E-state index in [2.05, 4.69) is 18.8 Å². The molecule has 2 aromatic rings. The van der Waals surface area contributed by atoms with Crippen molar-refractivity contribution < 1.29 is 4.79 Å². The molecule has 0 aliphatic carbocycles. The van der Waals surface area contributed by atoms with Crippen molar-refractivity contribution in [2.75, 3.05) is 13.1 Å². The van der Waals surface area contributed by atoms with Gasteiger partial charge in [-0.25, -0.2) is 4.98 Å². The fraction of sp³-hybridized carbons (Fsp3) is 0.412. The molecule has 0 saturated carbocycles. The van der Waals surface area contributed by atoms with Gasteiger partial charge in [-0.2, -0.15) is 0 Å². The summed E-state index contributed by atoms with van der Waals surface area (Å²) in [5.74, 6) is 0.0525. The first kappa shape index (κ1) is 15.8. The maximum Gasteiger partial charge on any atom is 0.254 e. The van der Waals surface area contributed by atoms with Crippen LogP contribution in [-0.2, 0) is 0 Å². The maximum absolute atomic E-state index is 13.0. The Balaban J connectivity index is 2.58. The third kappa shape index (κ3) is 3.18. The summed E-state index contributed by atoms with van der Waals surface area (Å²) in [6.07, 6.45) is 1.89. The number of rotatable bonds is 5. The van der Waals surface area contributed by atoms with Crippen molar-refractivity contribution in [3.05, 3.63) is 40.5 Å². The molecule has 21 heavy (non-hydrogen) atoms. The summed E-state index contributed by atoms with van der Waals surface area (Å²) in [4.78, 5) is 19.2. The van der Waals surface area contributed by atoms with E-state index in [0.717, 1.165) is 42.4 Å². The third-order valence-electron chi connectivity index (χ3n) is 3.56. The number of hydrogen-bond acceptors (Lipinski definition) is 2. The number of pyridine rings is 1. The molecule has 0 atom stereocenters. The lowest BCUT2D eigenvalue weighted by Gasteiger charge is -2.23. The maximum atomic E-state index is 13.0. The lowest BCUT2D eigenvalue weighted by Crippen LogP contribution is -2.33. The second-order valence-electron chi connectivity index (χ2n) is 5.21. The lowest BCUT2D eigenvalue weighted by molar-refractivity contribution is 0.0757. The first-order valence-corrected chi connectivity index (χ1v) is 7.82. The Morgan fingerprint density at radius 3 is 2.43 bits per heavy atom. The number of nitrogens with zero attached hydrogens (tertiary/aromatic N) is 2. The minimum absolute atomic E-state index is 0.0525. The Kier molecular flexibility index (Phi) is 5.18. The molecule has 1 aromatic carbocycles. The van der Waals surface area contributed by atoms with E-state index in [-0.39, 0.29) is 5.91 Å². The van der Waals surface area contributed by atoms with Crippen LogP contribution in [0.25, 0.3) is 10.9 Å². The molecule has 0 aliphatic heterocycles. The zero-order valence-electron chi connectivity index (χ0n) is 12.8. The van der Waals surface area contributed by atoms with Crippen LogP contribution in [0.5, 0.6) is 0 Å². The molecule has 0 saturated heterocycles. The van der Waals surface area contributed by atoms with Crippen LogP contribution in [0.4, 0.5) is 0 Å². The fourth-order valence-electron chi connectivity index (χ4n) is 2.57. The number of aromatic nitrogens is 1. The molecule has 0 spiro atoms. The number of carbonyl (C=O) groups excluding carboxylic acids is 1. The highest BCUT2D eigenvalue weighted by atomic mass is 35.5. The number of para-hydroxylation sites is 1. The van der Waals surface area contributed by atoms with E-state index in [4.69, 9.17) is 11.6 Å². The summed E-state index contributed by atoms with van der Waals surface area (Å²) < 4.78 is 0. The summed E-state index contributed by atoms with van der Waals surface area (Å²) in [5.41, 5.74) is 2.22. The second-order valence-corrected chi connectivity index (χ2v) is 5.57. The summed E-state index contributed by atoms with van der Waals surface area (Å²) in [7, 11) is 0. The van der Waals surface area contributed by atoms with Gasteiger partial charge in [0, 0.05) is 18.5 Å². The van der Waals surface area contributed by atoms with Crippen LogP contribution in [0.3, 0.4) is 0 Å². The van der Waals surface area contributed by atoms with Crippen molar-refractivity contribution in [3.63, 3.8) is 0 Å². The average Bonchev–Trinajstić information content (AvgIpc) is 2.48. The zero-order valence-corrected chi connectivity index (χ0v) is 13.6. The van der Waals surface area contributed by atoms with Gasteiger partial charge < -0.3 is 4.90 Å². The predicted octanol–water partition coefficient (Wildman–Crippen LogP) is 4.46. The minimum atomic E-state index is 0.0525. The first-order valence-electron chi connectivity index (χ1n) is 7.44. The van der Waals surface area contributed by atoms with E-state index in [1.165, 1.54) is 0 Å². The SMILES string of the molecule is CCCN(CCC)C(=O)c1c(C)c(Cl)nc2ccccc12. The number of carbonyl (C=O) groups is 1. The van der Waals surface area contributed by atoms with Crippen molar-refractivity contribution in [1.29, 1.82) is 0 Å². The number of fused-ring (bicyclic) bond motifs is 1. The van der Waals surface area contributed by atoms with E-state index in [9.17, 15) is 4.79 Å². The Bertz CT molecular complexity index is 649. The lowest BCUT2D eigenvalue weighted by atomic mass is 10.0. The van der Waals surface area contributed by atoms with Crippen molar-refractivity contribution in [2.45, 2.75) is 33.6 Å². The number of halogens is 1. The molecule has 0 fully saturated rings. The van der Waals surface area contributed by atoms with E-state index in [1.54, 1.807) is 0 Å². The predicted molar refractivity (Wildman–Crippen MR) is 88.0 cm³/mol. The van der Waals surface area contributed by atoms with E-state index in [0.29, 0.717) is 10.7 Å². The topological polar surface area (TPSA) is 33.2 Å². The van der Waals surface area contributed by atoms with Crippen LogP contribution in [0.1, 0.15) is 42.6 Å². The van der Waals surface area contributed by atoms with Crippen LogP contribution in [0, 0.1) is 6.92 Å². The number of hydrogen-bond donors (Lipinski definition) is 0. The van der Waals surface area contributed by atoms with E-state index in [1.807, 2.05) is 36.1 Å². The minimum Gasteiger partial charge on any atom is -0.339 e. The highest BCUT2D eigenvalue weighted by Gasteiger charge is 2.21. The average molecular weight is 305 g/mol. The molecule has 1 heterocycles. The molecule has 1 amide bonds. The van der Waals surface area contributed by atoms with Gasteiger partial charge in [0.1, 0.15) is 5.15 Å². The fourth-order valence-corrected chi connectivity index (χ4v) is 2.75. The standard InChI is InChI=1S/C17H21ClN2O/c1-4-10-20(11-5-2)17(21)15-12(3)16(18)19-14-9-7-6-8-13(14)15/h6-9H,4-5,10-11H2,1-3H3. The molecule has 0 aliphatic rings. The van der Waals surface area contributed by atoms with Crippen LogP contribution >= 0.6 is 11.6 Å². The molecule has 0 radical (unpaired) electrons. The molecule has 0 N–H and O–H groups in total. The van der Waals surface area contributed by atoms with Crippen LogP contribution < -0.4 is 0 Å². The quantitative estimate of drug-likeness (QED) is 0.764. The van der Waals surface area contributed by atoms with Crippen molar-refractivity contribution >= 4 is 28.4 Å². The molecule has 0 bridgehead atoms. The van der Waals surface area contributed by atoms with Crippen molar-refractivity contribution in [1.82, 2.24) is 9.88 Å². The molecule has 3 nitrogen and oxygen atoms in total. The van der Waals surface area contributed by atoms with Gasteiger partial charge >= 0.3 is 0 Å². The molecule has 0 unspecified atom stereocenters. The van der Waals surface area contributed by atoms with Gasteiger partial charge in [-0.1, -0.05) is 43.6 Å². The van der Waals surface area contributed by atoms with Crippen LogP contribution in [0.2, 0.25) is 5.15 Å². The summed E-state index contributed by atoms with van der Waals surface area (Å²) in [6.45, 7) is 7.56. The van der Waals surface area contributed by atoms with Gasteiger partial charge in [0.2, 0.25) is 0 Å². The molecule has 112 valence electrons. The molecule has 1 aromatic heterocycles. The normalized spacial score (nSPS) is 10.9. The Hall–Kier alpha value is -1.61. The Labute approximate surface area is 130 Å². The number of benzene rings is 1. The summed E-state index contributed by atoms with van der Waals surface area (Å²) in [6, 6.07) is 7.67. The molecular weight excluding hydrogens is 284 g/mol. The Morgan fingerprint density at radius 2 is 1.81 bits per heavy atom. The highest BCUT2D eigenvalue weighted by molar-refractivity contribution is 6.31. The van der Waals surface area contributed by atoms with E-state index >= 15 is 0 Å². The third-order valence-corrected chi connectivity index (χ3v) is 3.93. The van der Waals surface area contributed by atoms with Gasteiger partial charge in [0.25, 0.3) is 5.91 Å². The van der Waals surface area contributed by atoms with Gasteiger partial charge in [-0.15, -0.1) is 0 Å². The molecule has 4 heteroatoms. The van der Waals surface area contributed by atoms with Crippen molar-refractivity contribution in [3.8, 4) is 0 Å². The smallest absolute Gasteiger partial charge is 0.254 e. The number of amides is 1. The van der Waals surface area contributed by atoms with Gasteiger partial charge in [-0.3, -0.25) is 4.79 Å². The van der Waals surface area contributed by atoms with E-state index < -0.39 is 0 Å². The van der Waals surface area contributed by atoms with Gasteiger partial charge in [-0.05, 0) is 31.4 Å². The molecule has 2 rings (SSSR count). The highest BCUT2D eigenvalue weighted by Crippen LogP contribution is 2.27. The summed E-state index contributed by atoms with van der Waals surface area (Å²) >= 11 is 6.21. The molecular formula is C17H21ClN2O. The monoisotopic (exact) mass is 304 g/mol. The van der Waals surface area contributed by atoms with Crippen LogP contribution in [-0.4, -0.2) is 28.9 Å². The van der Waals surface area contributed by atoms with Gasteiger partial charge in [0.15, 0.2) is 0 Å². The zero-order chi connectivity index (χ0) is 15.4. The first-order chi connectivity index (χ1) is 10.1. The van der Waals surface area contributed by atoms with Crippen molar-refractivity contribution in [2.24, 2.45) is 0 Å². The second kappa shape index (κ2) is 6.90. The van der Waals surface area contributed by atoms with Crippen LogP contribution in [0.15, 0.2) is 24.3 Å². The Morgan fingerprint density at radius 1 is 1.19 bits per heavy atom. The largest absolute Gasteiger partial charge is 0.339 e.